The topological polar surface area (TPSA) is 139 Å². The second-order valence-corrected chi connectivity index (χ2v) is 7.35. The van der Waals surface area contributed by atoms with Crippen LogP contribution < -0.4 is 9.47 Å². The van der Waals surface area contributed by atoms with Crippen LogP contribution in [0.25, 0.3) is 11.0 Å². The number of aryl methyl sites for hydroxylation is 2. The summed E-state index contributed by atoms with van der Waals surface area (Å²) >= 11 is 0. The van der Waals surface area contributed by atoms with Crippen LogP contribution in [0.2, 0.25) is 0 Å². The molecule has 10 heteroatoms. The first-order valence-corrected chi connectivity index (χ1v) is 9.94. The maximum absolute atomic E-state index is 10.3. The zero-order chi connectivity index (χ0) is 22.0. The Labute approximate surface area is 178 Å². The Balaban J connectivity index is 1.55. The summed E-state index contributed by atoms with van der Waals surface area (Å²) in [6.07, 6.45) is -6.12. The third-order valence-electron chi connectivity index (χ3n) is 5.36. The molecule has 1 aliphatic heterocycles. The van der Waals surface area contributed by atoms with Crippen molar-refractivity contribution < 1.29 is 34.6 Å². The number of benzene rings is 2. The van der Waals surface area contributed by atoms with Crippen LogP contribution in [-0.4, -0.2) is 79.8 Å². The van der Waals surface area contributed by atoms with Crippen LogP contribution in [0.4, 0.5) is 0 Å². The van der Waals surface area contributed by atoms with Gasteiger partial charge < -0.3 is 34.6 Å². The van der Waals surface area contributed by atoms with Crippen molar-refractivity contribution in [2.75, 3.05) is 13.7 Å². The molecule has 0 amide bonds. The molecule has 1 fully saturated rings. The van der Waals surface area contributed by atoms with Gasteiger partial charge >= 0.3 is 0 Å². The van der Waals surface area contributed by atoms with E-state index in [1.807, 2.05) is 24.3 Å². The highest BCUT2D eigenvalue weighted by Crippen LogP contribution is 2.29. The Kier molecular flexibility index (Phi) is 6.35. The van der Waals surface area contributed by atoms with Crippen molar-refractivity contribution in [1.29, 1.82) is 0 Å². The van der Waals surface area contributed by atoms with E-state index in [1.54, 1.807) is 30.0 Å². The van der Waals surface area contributed by atoms with Gasteiger partial charge in [-0.3, -0.25) is 0 Å². The quantitative estimate of drug-likeness (QED) is 0.402. The van der Waals surface area contributed by atoms with Crippen molar-refractivity contribution >= 4 is 11.0 Å². The van der Waals surface area contributed by atoms with Gasteiger partial charge in [0.15, 0.2) is 5.75 Å². The van der Waals surface area contributed by atoms with Crippen LogP contribution in [0, 0.1) is 0 Å². The van der Waals surface area contributed by atoms with E-state index in [4.69, 9.17) is 14.2 Å². The van der Waals surface area contributed by atoms with E-state index in [9.17, 15) is 20.4 Å². The van der Waals surface area contributed by atoms with Crippen LogP contribution in [0.1, 0.15) is 5.56 Å². The summed E-state index contributed by atoms with van der Waals surface area (Å²) in [5.41, 5.74) is 2.29. The van der Waals surface area contributed by atoms with Gasteiger partial charge in [-0.2, -0.15) is 0 Å². The van der Waals surface area contributed by atoms with E-state index < -0.39 is 37.3 Å². The summed E-state index contributed by atoms with van der Waals surface area (Å²) < 4.78 is 18.2. The van der Waals surface area contributed by atoms with E-state index in [-0.39, 0.29) is 0 Å². The maximum atomic E-state index is 10.3. The number of fused-ring (bicyclic) bond motifs is 1. The minimum absolute atomic E-state index is 0.349. The lowest BCUT2D eigenvalue weighted by atomic mass is 9.99. The van der Waals surface area contributed by atoms with Crippen molar-refractivity contribution in [3.63, 3.8) is 0 Å². The minimum atomic E-state index is -1.52. The molecule has 5 atom stereocenters. The Morgan fingerprint density at radius 2 is 1.81 bits per heavy atom. The van der Waals surface area contributed by atoms with Gasteiger partial charge in [-0.25, -0.2) is 4.68 Å². The lowest BCUT2D eigenvalue weighted by Gasteiger charge is -2.39. The smallest absolute Gasteiger partial charge is 0.229 e. The summed E-state index contributed by atoms with van der Waals surface area (Å²) in [4.78, 5) is 0. The maximum Gasteiger partial charge on any atom is 0.229 e. The van der Waals surface area contributed by atoms with Crippen LogP contribution in [0.15, 0.2) is 42.5 Å². The number of methoxy groups -OCH3 is 1. The summed E-state index contributed by atoms with van der Waals surface area (Å²) in [6.45, 7) is -0.00571. The lowest BCUT2D eigenvalue weighted by molar-refractivity contribution is -0.277. The molecule has 4 rings (SSSR count). The highest BCUT2D eigenvalue weighted by molar-refractivity contribution is 5.81. The molecule has 166 valence electrons. The standard InChI is InChI=1S/C21H25N3O7/c1-29-13-7-5-12(6-8-13)9-10-24-17-14(22-23-24)3-2-4-15(17)30-21-20(28)19(27)18(26)16(11-25)31-21/h2-8,16,18-21,25-28H,9-11H2,1H3/t16-,18-,19+,20-,21-/m1/s1. The van der Waals surface area contributed by atoms with Gasteiger partial charge in [0.05, 0.1) is 13.7 Å². The van der Waals surface area contributed by atoms with Crippen LogP contribution in [0.3, 0.4) is 0 Å². The average Bonchev–Trinajstić information content (AvgIpc) is 3.22. The minimum Gasteiger partial charge on any atom is -0.497 e. The average molecular weight is 431 g/mol. The molecule has 10 nitrogen and oxygen atoms in total. The number of hydrogen-bond donors (Lipinski definition) is 4. The van der Waals surface area contributed by atoms with E-state index >= 15 is 0 Å². The third-order valence-corrected chi connectivity index (χ3v) is 5.36. The Hall–Kier alpha value is -2.76. The van der Waals surface area contributed by atoms with Gasteiger partial charge in [-0.15, -0.1) is 5.10 Å². The van der Waals surface area contributed by atoms with Crippen molar-refractivity contribution in [3.05, 3.63) is 48.0 Å². The second kappa shape index (κ2) is 9.16. The lowest BCUT2D eigenvalue weighted by Crippen LogP contribution is -2.60. The van der Waals surface area contributed by atoms with Gasteiger partial charge in [-0.05, 0) is 36.2 Å². The molecular formula is C21H25N3O7. The summed E-state index contributed by atoms with van der Waals surface area (Å²) in [7, 11) is 1.62. The second-order valence-electron chi connectivity index (χ2n) is 7.35. The largest absolute Gasteiger partial charge is 0.497 e. The fraction of sp³-hybridized carbons (Fsp3) is 0.429. The van der Waals surface area contributed by atoms with E-state index in [0.717, 1.165) is 11.3 Å². The van der Waals surface area contributed by atoms with Gasteiger partial charge in [-0.1, -0.05) is 23.4 Å². The predicted molar refractivity (Wildman–Crippen MR) is 109 cm³/mol. The highest BCUT2D eigenvalue weighted by Gasteiger charge is 2.44. The number of nitrogens with zero attached hydrogens (tertiary/aromatic N) is 3. The normalized spacial score (nSPS) is 26.2. The van der Waals surface area contributed by atoms with Crippen molar-refractivity contribution in [1.82, 2.24) is 15.0 Å². The van der Waals surface area contributed by atoms with Crippen LogP contribution in [-0.2, 0) is 17.7 Å². The number of para-hydroxylation sites is 1. The first kappa shape index (κ1) is 21.5. The molecule has 3 aromatic rings. The molecule has 1 aliphatic rings. The van der Waals surface area contributed by atoms with E-state index in [2.05, 4.69) is 10.3 Å². The fourth-order valence-corrected chi connectivity index (χ4v) is 3.57. The monoisotopic (exact) mass is 431 g/mol. The number of hydrogen-bond acceptors (Lipinski definition) is 9. The molecule has 2 heterocycles. The SMILES string of the molecule is COc1ccc(CCn2nnc3cccc(O[C@@H]4O[C@H](CO)[C@@H](O)[C@H](O)[C@H]4O)c32)cc1. The van der Waals surface area contributed by atoms with Crippen LogP contribution >= 0.6 is 0 Å². The number of ether oxygens (including phenoxy) is 3. The molecule has 0 bridgehead atoms. The molecule has 0 saturated carbocycles. The molecule has 31 heavy (non-hydrogen) atoms. The molecule has 4 N–H and O–H groups in total. The molecule has 1 aromatic heterocycles. The van der Waals surface area contributed by atoms with E-state index in [1.165, 1.54) is 0 Å². The number of rotatable bonds is 7. The predicted octanol–water partition coefficient (Wildman–Crippen LogP) is -0.139. The van der Waals surface area contributed by atoms with Crippen LogP contribution in [0.5, 0.6) is 11.5 Å². The van der Waals surface area contributed by atoms with Crippen molar-refractivity contribution in [3.8, 4) is 11.5 Å². The number of aromatic nitrogens is 3. The summed E-state index contributed by atoms with van der Waals surface area (Å²) in [5.74, 6) is 1.13. The molecule has 1 saturated heterocycles. The zero-order valence-electron chi connectivity index (χ0n) is 16.9. The highest BCUT2D eigenvalue weighted by atomic mass is 16.7. The van der Waals surface area contributed by atoms with Gasteiger partial charge in [0.2, 0.25) is 6.29 Å². The van der Waals surface area contributed by atoms with Crippen molar-refractivity contribution in [2.45, 2.75) is 43.7 Å². The number of aliphatic hydroxyl groups excluding tert-OH is 4. The summed E-state index contributed by atoms with van der Waals surface area (Å²) in [6, 6.07) is 12.9. The Bertz CT molecular complexity index is 1010. The van der Waals surface area contributed by atoms with Crippen molar-refractivity contribution in [2.24, 2.45) is 0 Å². The van der Waals surface area contributed by atoms with E-state index in [0.29, 0.717) is 29.7 Å². The molecule has 0 aliphatic carbocycles. The first-order valence-electron chi connectivity index (χ1n) is 9.94. The molecule has 0 radical (unpaired) electrons. The molecule has 2 aromatic carbocycles. The number of aliphatic hydroxyl groups is 4. The zero-order valence-corrected chi connectivity index (χ0v) is 16.9. The molecule has 0 unspecified atom stereocenters. The first-order chi connectivity index (χ1) is 15.0. The van der Waals surface area contributed by atoms with Gasteiger partial charge in [0.1, 0.15) is 41.2 Å². The Morgan fingerprint density at radius 1 is 1.03 bits per heavy atom. The van der Waals surface area contributed by atoms with Gasteiger partial charge in [0.25, 0.3) is 0 Å². The third kappa shape index (κ3) is 4.34. The fourth-order valence-electron chi connectivity index (χ4n) is 3.57. The summed E-state index contributed by atoms with van der Waals surface area (Å²) in [5, 5.41) is 48.0. The Morgan fingerprint density at radius 3 is 2.52 bits per heavy atom. The molecule has 0 spiro atoms. The van der Waals surface area contributed by atoms with Gasteiger partial charge in [0, 0.05) is 6.54 Å². The molecular weight excluding hydrogens is 406 g/mol.